The molecule has 4 atom stereocenters. The van der Waals surface area contributed by atoms with Crippen molar-refractivity contribution in [2.45, 2.75) is 79.2 Å². The summed E-state index contributed by atoms with van der Waals surface area (Å²) in [5.41, 5.74) is 3.28. The van der Waals surface area contributed by atoms with E-state index in [0.29, 0.717) is 17.3 Å². The summed E-state index contributed by atoms with van der Waals surface area (Å²) in [5.74, 6) is 1.20. The van der Waals surface area contributed by atoms with Gasteiger partial charge in [-0.25, -0.2) is 0 Å². The molecule has 21 heavy (non-hydrogen) atoms. The van der Waals surface area contributed by atoms with Gasteiger partial charge in [-0.1, -0.05) is 51.5 Å². The van der Waals surface area contributed by atoms with Crippen molar-refractivity contribution < 1.29 is 5.11 Å². The molecule has 1 N–H and O–H groups in total. The predicted molar refractivity (Wildman–Crippen MR) is 91.1 cm³/mol. The maximum Gasteiger partial charge on any atom is 0.0594 e. The average molecular weight is 290 g/mol. The molecule has 0 aromatic carbocycles. The van der Waals surface area contributed by atoms with E-state index in [9.17, 15) is 5.11 Å². The lowest BCUT2D eigenvalue weighted by Crippen LogP contribution is -2.54. The lowest BCUT2D eigenvalue weighted by molar-refractivity contribution is -0.123. The molecule has 0 amide bonds. The van der Waals surface area contributed by atoms with E-state index in [2.05, 4.69) is 47.3 Å². The second-order valence-electron chi connectivity index (χ2n) is 8.32. The molecule has 2 saturated carbocycles. The van der Waals surface area contributed by atoms with Crippen molar-refractivity contribution in [1.82, 2.24) is 0 Å². The Labute approximate surface area is 131 Å². The highest BCUT2D eigenvalue weighted by molar-refractivity contribution is 5.18. The summed E-state index contributed by atoms with van der Waals surface area (Å²) in [5, 5.41) is 10.5. The van der Waals surface area contributed by atoms with E-state index >= 15 is 0 Å². The van der Waals surface area contributed by atoms with Crippen LogP contribution in [0.2, 0.25) is 0 Å². The van der Waals surface area contributed by atoms with Gasteiger partial charge in [-0.3, -0.25) is 0 Å². The largest absolute Gasteiger partial charge is 0.393 e. The van der Waals surface area contributed by atoms with Gasteiger partial charge in [0.25, 0.3) is 0 Å². The topological polar surface area (TPSA) is 20.2 Å². The highest BCUT2D eigenvalue weighted by atomic mass is 16.3. The number of rotatable bonds is 3. The SMILES string of the molecule is C=C1CC[C@H]2C(C)(C)[C@H](O)CC[C@]2(C)[C@H]1C/C=C(\C)CC. The molecular formula is C20H34O. The molecule has 0 aliphatic heterocycles. The molecule has 0 unspecified atom stereocenters. The smallest absolute Gasteiger partial charge is 0.0594 e. The molecule has 0 bridgehead atoms. The average Bonchev–Trinajstić information content (AvgIpc) is 2.42. The molecular weight excluding hydrogens is 256 g/mol. The lowest BCUT2D eigenvalue weighted by atomic mass is 9.46. The van der Waals surface area contributed by atoms with Gasteiger partial charge in [0.05, 0.1) is 6.10 Å². The van der Waals surface area contributed by atoms with Crippen molar-refractivity contribution in [3.05, 3.63) is 23.8 Å². The van der Waals surface area contributed by atoms with Crippen molar-refractivity contribution in [3.63, 3.8) is 0 Å². The van der Waals surface area contributed by atoms with Crippen LogP contribution in [0.5, 0.6) is 0 Å². The maximum atomic E-state index is 10.5. The first-order chi connectivity index (χ1) is 9.73. The summed E-state index contributed by atoms with van der Waals surface area (Å²) in [4.78, 5) is 0. The van der Waals surface area contributed by atoms with Crippen LogP contribution in [-0.2, 0) is 0 Å². The minimum Gasteiger partial charge on any atom is -0.393 e. The normalized spacial score (nSPS) is 40.0. The van der Waals surface area contributed by atoms with Crippen LogP contribution in [0.3, 0.4) is 0 Å². The van der Waals surface area contributed by atoms with Gasteiger partial charge in [0.1, 0.15) is 0 Å². The van der Waals surface area contributed by atoms with Gasteiger partial charge in [0, 0.05) is 0 Å². The predicted octanol–water partition coefficient (Wildman–Crippen LogP) is 5.50. The first kappa shape index (κ1) is 16.8. The number of fused-ring (bicyclic) bond motifs is 1. The van der Waals surface area contributed by atoms with E-state index in [0.717, 1.165) is 32.1 Å². The lowest BCUT2D eigenvalue weighted by Gasteiger charge is -2.59. The Balaban J connectivity index is 2.30. The molecule has 2 aliphatic rings. The van der Waals surface area contributed by atoms with Crippen LogP contribution in [0, 0.1) is 22.7 Å². The highest BCUT2D eigenvalue weighted by Crippen LogP contribution is 2.61. The van der Waals surface area contributed by atoms with E-state index in [1.165, 1.54) is 17.6 Å². The van der Waals surface area contributed by atoms with Crippen LogP contribution < -0.4 is 0 Å². The quantitative estimate of drug-likeness (QED) is 0.680. The van der Waals surface area contributed by atoms with E-state index in [1.807, 2.05) is 0 Å². The van der Waals surface area contributed by atoms with Crippen LogP contribution in [0.1, 0.15) is 73.1 Å². The Morgan fingerprint density at radius 1 is 1.33 bits per heavy atom. The molecule has 120 valence electrons. The molecule has 0 heterocycles. The van der Waals surface area contributed by atoms with Crippen molar-refractivity contribution in [3.8, 4) is 0 Å². The van der Waals surface area contributed by atoms with Crippen LogP contribution in [-0.4, -0.2) is 11.2 Å². The van der Waals surface area contributed by atoms with Crippen molar-refractivity contribution in [1.29, 1.82) is 0 Å². The van der Waals surface area contributed by atoms with Crippen LogP contribution in [0.15, 0.2) is 23.8 Å². The minimum absolute atomic E-state index is 0.0372. The standard InChI is InChI=1S/C20H34O/c1-7-14(2)8-10-16-15(3)9-11-17-19(4,5)18(21)12-13-20(16,17)6/h8,16-18,21H,3,7,9-13H2,1-2,4-6H3/b14-8+/t16-,17-,18+,20+/m0/s1. The Morgan fingerprint density at radius 3 is 2.62 bits per heavy atom. The van der Waals surface area contributed by atoms with E-state index < -0.39 is 0 Å². The summed E-state index contributed by atoms with van der Waals surface area (Å²) in [7, 11) is 0. The summed E-state index contributed by atoms with van der Waals surface area (Å²) in [6.45, 7) is 15.9. The van der Waals surface area contributed by atoms with Gasteiger partial charge in [0.15, 0.2) is 0 Å². The fraction of sp³-hybridized carbons (Fsp3) is 0.800. The Morgan fingerprint density at radius 2 is 2.00 bits per heavy atom. The third-order valence-electron chi connectivity index (χ3n) is 6.81. The Bertz CT molecular complexity index is 431. The fourth-order valence-electron chi connectivity index (χ4n) is 5.06. The van der Waals surface area contributed by atoms with Gasteiger partial charge in [0.2, 0.25) is 0 Å². The zero-order valence-corrected chi connectivity index (χ0v) is 14.7. The molecule has 0 spiro atoms. The summed E-state index contributed by atoms with van der Waals surface area (Å²) >= 11 is 0. The fourth-order valence-corrected chi connectivity index (χ4v) is 5.06. The molecule has 1 nitrogen and oxygen atoms in total. The molecule has 0 radical (unpaired) electrons. The van der Waals surface area contributed by atoms with Gasteiger partial charge in [-0.05, 0) is 68.1 Å². The zero-order chi connectivity index (χ0) is 15.8. The molecule has 0 aromatic rings. The van der Waals surface area contributed by atoms with Gasteiger partial charge < -0.3 is 5.11 Å². The number of hydrogen-bond donors (Lipinski definition) is 1. The molecule has 0 saturated heterocycles. The molecule has 0 aromatic heterocycles. The third-order valence-corrected chi connectivity index (χ3v) is 6.81. The Kier molecular flexibility index (Phi) is 4.73. The number of allylic oxidation sites excluding steroid dienone is 3. The summed E-state index contributed by atoms with van der Waals surface area (Å²) in [6.07, 6.45) is 9.00. The van der Waals surface area contributed by atoms with E-state index in [4.69, 9.17) is 0 Å². The zero-order valence-electron chi connectivity index (χ0n) is 14.7. The van der Waals surface area contributed by atoms with Crippen molar-refractivity contribution in [2.75, 3.05) is 0 Å². The van der Waals surface area contributed by atoms with E-state index in [-0.39, 0.29) is 11.5 Å². The van der Waals surface area contributed by atoms with Crippen LogP contribution >= 0.6 is 0 Å². The van der Waals surface area contributed by atoms with E-state index in [1.54, 1.807) is 0 Å². The third kappa shape index (κ3) is 2.86. The first-order valence-corrected chi connectivity index (χ1v) is 8.74. The molecule has 1 heteroatoms. The number of aliphatic hydroxyl groups is 1. The molecule has 2 rings (SSSR count). The number of hydrogen-bond acceptors (Lipinski definition) is 1. The van der Waals surface area contributed by atoms with Crippen molar-refractivity contribution >= 4 is 0 Å². The highest BCUT2D eigenvalue weighted by Gasteiger charge is 2.55. The summed E-state index contributed by atoms with van der Waals surface area (Å²) < 4.78 is 0. The second kappa shape index (κ2) is 5.91. The molecule has 2 fully saturated rings. The minimum atomic E-state index is -0.143. The number of aliphatic hydroxyl groups excluding tert-OH is 1. The Hall–Kier alpha value is -0.560. The monoisotopic (exact) mass is 290 g/mol. The maximum absolute atomic E-state index is 10.5. The molecule has 2 aliphatic carbocycles. The summed E-state index contributed by atoms with van der Waals surface area (Å²) in [6, 6.07) is 0. The van der Waals surface area contributed by atoms with Crippen molar-refractivity contribution in [2.24, 2.45) is 22.7 Å². The van der Waals surface area contributed by atoms with Gasteiger partial charge in [-0.15, -0.1) is 0 Å². The van der Waals surface area contributed by atoms with Crippen LogP contribution in [0.25, 0.3) is 0 Å². The second-order valence-corrected chi connectivity index (χ2v) is 8.32. The van der Waals surface area contributed by atoms with Gasteiger partial charge >= 0.3 is 0 Å². The first-order valence-electron chi connectivity index (χ1n) is 8.74. The van der Waals surface area contributed by atoms with Gasteiger partial charge in [-0.2, -0.15) is 0 Å². The van der Waals surface area contributed by atoms with Crippen LogP contribution in [0.4, 0.5) is 0 Å².